The van der Waals surface area contributed by atoms with Gasteiger partial charge in [0.05, 0.1) is 22.7 Å². The van der Waals surface area contributed by atoms with Gasteiger partial charge in [-0.15, -0.1) is 5.10 Å². The lowest BCUT2D eigenvalue weighted by molar-refractivity contribution is -0.137. The molecule has 0 saturated carbocycles. The Bertz CT molecular complexity index is 1420. The van der Waals surface area contributed by atoms with Crippen LogP contribution in [0.2, 0.25) is 0 Å². The topological polar surface area (TPSA) is 87.7 Å². The molecule has 4 aromatic rings. The van der Waals surface area contributed by atoms with Crippen molar-refractivity contribution in [3.05, 3.63) is 94.9 Å². The molecule has 1 aliphatic rings. The Kier molecular flexibility index (Phi) is 4.41. The van der Waals surface area contributed by atoms with Crippen molar-refractivity contribution in [2.45, 2.75) is 12.1 Å². The van der Waals surface area contributed by atoms with Gasteiger partial charge in [0.15, 0.2) is 0 Å². The predicted molar refractivity (Wildman–Crippen MR) is 112 cm³/mol. The highest BCUT2D eigenvalue weighted by Gasteiger charge is 2.37. The molecule has 5 nitrogen and oxygen atoms in total. The van der Waals surface area contributed by atoms with E-state index < -0.39 is 17.7 Å². The molecule has 0 saturated heterocycles. The summed E-state index contributed by atoms with van der Waals surface area (Å²) >= 11 is 0. The summed E-state index contributed by atoms with van der Waals surface area (Å²) in [6, 6.07) is 20.3. The quantitative estimate of drug-likeness (QED) is 0.440. The molecule has 0 amide bonds. The third-order valence-electron chi connectivity index (χ3n) is 5.55. The van der Waals surface area contributed by atoms with E-state index in [0.717, 1.165) is 28.5 Å². The van der Waals surface area contributed by atoms with Gasteiger partial charge in [0.25, 0.3) is 0 Å². The van der Waals surface area contributed by atoms with Crippen LogP contribution in [0.25, 0.3) is 22.0 Å². The summed E-state index contributed by atoms with van der Waals surface area (Å²) in [5.74, 6) is -0.927. The number of fused-ring (bicyclic) bond motifs is 2. The van der Waals surface area contributed by atoms with Crippen LogP contribution in [0, 0.1) is 11.3 Å². The summed E-state index contributed by atoms with van der Waals surface area (Å²) in [4.78, 5) is 0. The van der Waals surface area contributed by atoms with Crippen LogP contribution in [0.15, 0.2) is 78.2 Å². The van der Waals surface area contributed by atoms with E-state index in [-0.39, 0.29) is 22.9 Å². The zero-order valence-electron chi connectivity index (χ0n) is 16.4. The molecule has 2 heterocycles. The number of nitrogens with one attached hydrogen (secondary N) is 1. The molecule has 1 atom stereocenters. The molecule has 1 aliphatic heterocycles. The number of hydrogen-bond donors (Lipinski definition) is 2. The highest BCUT2D eigenvalue weighted by atomic mass is 19.4. The predicted octanol–water partition coefficient (Wildman–Crippen LogP) is 5.47. The van der Waals surface area contributed by atoms with Crippen LogP contribution >= 0.6 is 0 Å². The van der Waals surface area contributed by atoms with Crippen LogP contribution in [0.1, 0.15) is 22.6 Å². The van der Waals surface area contributed by atoms with Gasteiger partial charge in [-0.05, 0) is 22.4 Å². The standard InChI is InChI=1S/C24H15F3N4O/c25-24(26,27)15-8-3-7-14(11-15)19-18(12-28)22(29)32-23-20(19)21(30-31-23)17-10-4-6-13-5-1-2-9-16(13)17/h1-11,19H,29H2,(H,30,31). The van der Waals surface area contributed by atoms with E-state index in [1.165, 1.54) is 6.07 Å². The highest BCUT2D eigenvalue weighted by molar-refractivity contribution is 5.97. The van der Waals surface area contributed by atoms with Crippen molar-refractivity contribution in [1.82, 2.24) is 10.2 Å². The summed E-state index contributed by atoms with van der Waals surface area (Å²) in [7, 11) is 0. The van der Waals surface area contributed by atoms with Crippen molar-refractivity contribution >= 4 is 10.8 Å². The number of aromatic amines is 1. The number of nitrogens with zero attached hydrogens (tertiary/aromatic N) is 2. The molecule has 0 aliphatic carbocycles. The third kappa shape index (κ3) is 3.06. The van der Waals surface area contributed by atoms with Gasteiger partial charge in [-0.3, -0.25) is 5.10 Å². The summed E-state index contributed by atoms with van der Waals surface area (Å²) in [6.07, 6.45) is -4.53. The second kappa shape index (κ2) is 7.17. The van der Waals surface area contributed by atoms with Gasteiger partial charge in [0.1, 0.15) is 11.6 Å². The summed E-state index contributed by atoms with van der Waals surface area (Å²) in [6.45, 7) is 0. The Balaban J connectivity index is 1.77. The van der Waals surface area contributed by atoms with Crippen LogP contribution in [0.5, 0.6) is 5.88 Å². The van der Waals surface area contributed by atoms with Crippen LogP contribution in [0.4, 0.5) is 13.2 Å². The molecular weight excluding hydrogens is 417 g/mol. The number of nitriles is 1. The molecule has 158 valence electrons. The van der Waals surface area contributed by atoms with E-state index in [1.54, 1.807) is 6.07 Å². The molecule has 5 rings (SSSR count). The van der Waals surface area contributed by atoms with Crippen molar-refractivity contribution in [2.24, 2.45) is 5.73 Å². The van der Waals surface area contributed by atoms with Crippen molar-refractivity contribution < 1.29 is 17.9 Å². The maximum atomic E-state index is 13.4. The first-order chi connectivity index (χ1) is 15.4. The molecule has 8 heteroatoms. The third-order valence-corrected chi connectivity index (χ3v) is 5.55. The first-order valence-electron chi connectivity index (χ1n) is 9.69. The number of hydrogen-bond acceptors (Lipinski definition) is 4. The average molecular weight is 432 g/mol. The van der Waals surface area contributed by atoms with E-state index >= 15 is 0 Å². The minimum atomic E-state index is -4.53. The van der Waals surface area contributed by atoms with Crippen molar-refractivity contribution in [2.75, 3.05) is 0 Å². The van der Waals surface area contributed by atoms with Gasteiger partial charge < -0.3 is 10.5 Å². The smallest absolute Gasteiger partial charge is 0.416 e. The maximum absolute atomic E-state index is 13.4. The van der Waals surface area contributed by atoms with E-state index in [4.69, 9.17) is 10.5 Å². The summed E-state index contributed by atoms with van der Waals surface area (Å²) < 4.78 is 45.8. The van der Waals surface area contributed by atoms with Crippen molar-refractivity contribution in [1.29, 1.82) is 5.26 Å². The van der Waals surface area contributed by atoms with Gasteiger partial charge in [0, 0.05) is 5.56 Å². The van der Waals surface area contributed by atoms with E-state index in [1.807, 2.05) is 48.5 Å². The Morgan fingerprint density at radius 2 is 1.78 bits per heavy atom. The number of aromatic nitrogens is 2. The molecule has 1 aromatic heterocycles. The number of ether oxygens (including phenoxy) is 1. The molecule has 32 heavy (non-hydrogen) atoms. The van der Waals surface area contributed by atoms with Gasteiger partial charge in [-0.1, -0.05) is 60.7 Å². The first-order valence-corrected chi connectivity index (χ1v) is 9.69. The normalized spacial score (nSPS) is 15.9. The fourth-order valence-corrected chi connectivity index (χ4v) is 4.12. The summed E-state index contributed by atoms with van der Waals surface area (Å²) in [5, 5.41) is 18.9. The highest BCUT2D eigenvalue weighted by Crippen LogP contribution is 2.47. The minimum Gasteiger partial charge on any atom is -0.420 e. The summed E-state index contributed by atoms with van der Waals surface area (Å²) in [5.41, 5.74) is 7.25. The fourth-order valence-electron chi connectivity index (χ4n) is 4.12. The van der Waals surface area contributed by atoms with Gasteiger partial charge in [-0.25, -0.2) is 0 Å². The van der Waals surface area contributed by atoms with Crippen LogP contribution < -0.4 is 10.5 Å². The number of H-pyrrole nitrogens is 1. The first kappa shape index (κ1) is 19.7. The second-order valence-electron chi connectivity index (χ2n) is 7.39. The molecule has 3 N–H and O–H groups in total. The van der Waals surface area contributed by atoms with E-state index in [9.17, 15) is 18.4 Å². The van der Waals surface area contributed by atoms with Crippen molar-refractivity contribution in [3.8, 4) is 23.2 Å². The fraction of sp³-hybridized carbons (Fsp3) is 0.0833. The molecule has 0 spiro atoms. The molecule has 3 aromatic carbocycles. The Hall–Kier alpha value is -4.25. The SMILES string of the molecule is N#CC1=C(N)Oc2n[nH]c(-c3cccc4ccccc34)c2C1c1cccc(C(F)(F)F)c1. The monoisotopic (exact) mass is 432 g/mol. The van der Waals surface area contributed by atoms with E-state index in [2.05, 4.69) is 10.2 Å². The van der Waals surface area contributed by atoms with Crippen LogP contribution in [0.3, 0.4) is 0 Å². The molecule has 0 radical (unpaired) electrons. The van der Waals surface area contributed by atoms with Crippen LogP contribution in [-0.4, -0.2) is 10.2 Å². The van der Waals surface area contributed by atoms with Crippen molar-refractivity contribution in [3.63, 3.8) is 0 Å². The Labute approximate surface area is 180 Å². The molecule has 1 unspecified atom stereocenters. The second-order valence-corrected chi connectivity index (χ2v) is 7.39. The number of halogens is 3. The van der Waals surface area contributed by atoms with Gasteiger partial charge >= 0.3 is 6.18 Å². The Morgan fingerprint density at radius 1 is 1.03 bits per heavy atom. The number of rotatable bonds is 2. The van der Waals surface area contributed by atoms with Gasteiger partial charge in [0.2, 0.25) is 11.8 Å². The van der Waals surface area contributed by atoms with Gasteiger partial charge in [-0.2, -0.15) is 18.4 Å². The number of nitrogens with two attached hydrogens (primary N) is 1. The number of benzene rings is 3. The lowest BCUT2D eigenvalue weighted by Gasteiger charge is -2.25. The largest absolute Gasteiger partial charge is 0.420 e. The van der Waals surface area contributed by atoms with Crippen LogP contribution in [-0.2, 0) is 6.18 Å². The molecular formula is C24H15F3N4O. The van der Waals surface area contributed by atoms with E-state index in [0.29, 0.717) is 11.3 Å². The number of allylic oxidation sites excluding steroid dienone is 1. The lowest BCUT2D eigenvalue weighted by Crippen LogP contribution is -2.21. The molecule has 0 bridgehead atoms. The molecule has 0 fully saturated rings. The average Bonchev–Trinajstić information content (AvgIpc) is 3.20. The number of alkyl halides is 3. The Morgan fingerprint density at radius 3 is 2.56 bits per heavy atom. The minimum absolute atomic E-state index is 0.0275. The zero-order chi connectivity index (χ0) is 22.5. The zero-order valence-corrected chi connectivity index (χ0v) is 16.4. The lowest BCUT2D eigenvalue weighted by atomic mass is 9.82. The maximum Gasteiger partial charge on any atom is 0.416 e.